The third-order valence-corrected chi connectivity index (χ3v) is 5.37. The highest BCUT2D eigenvalue weighted by molar-refractivity contribution is 8.00. The average Bonchev–Trinajstić information content (AvgIpc) is 3.13. The number of carbonyl (C=O) groups is 2. The number of aryl methyl sites for hydroxylation is 1. The lowest BCUT2D eigenvalue weighted by Gasteiger charge is -2.12. The minimum atomic E-state index is -0.315. The molecule has 150 valence electrons. The molecular weight excluding hydrogens is 388 g/mol. The third kappa shape index (κ3) is 5.17. The van der Waals surface area contributed by atoms with Crippen LogP contribution in [0.25, 0.3) is 0 Å². The van der Waals surface area contributed by atoms with Gasteiger partial charge in [-0.25, -0.2) is 4.98 Å². The fourth-order valence-corrected chi connectivity index (χ4v) is 3.40. The molecule has 0 aliphatic heterocycles. The number of nitrogens with one attached hydrogen (secondary N) is 2. The predicted molar refractivity (Wildman–Crippen MR) is 115 cm³/mol. The number of thioether (sulfide) groups is 1. The van der Waals surface area contributed by atoms with Crippen LogP contribution < -0.4 is 15.4 Å². The maximum Gasteiger partial charge on any atom is 0.255 e. The van der Waals surface area contributed by atoms with E-state index in [-0.39, 0.29) is 17.1 Å². The SMILES string of the molecule is COc1ccccc1NC(=O)c1ccc(NC(=O)C(C)Sc2nccn2C)cc1. The van der Waals surface area contributed by atoms with Crippen LogP contribution in [-0.4, -0.2) is 33.7 Å². The Hall–Kier alpha value is -3.26. The van der Waals surface area contributed by atoms with Gasteiger partial charge in [-0.1, -0.05) is 23.9 Å². The van der Waals surface area contributed by atoms with Gasteiger partial charge in [-0.2, -0.15) is 0 Å². The second-order valence-electron chi connectivity index (χ2n) is 6.30. The smallest absolute Gasteiger partial charge is 0.255 e. The normalized spacial score (nSPS) is 11.6. The van der Waals surface area contributed by atoms with E-state index in [1.54, 1.807) is 49.7 Å². The second kappa shape index (κ2) is 9.29. The Morgan fingerprint density at radius 1 is 1.10 bits per heavy atom. The number of imidazole rings is 1. The summed E-state index contributed by atoms with van der Waals surface area (Å²) in [6.45, 7) is 1.82. The van der Waals surface area contributed by atoms with Crippen molar-refractivity contribution in [3.63, 3.8) is 0 Å². The molecule has 8 heteroatoms. The van der Waals surface area contributed by atoms with E-state index >= 15 is 0 Å². The fraction of sp³-hybridized carbons (Fsp3) is 0.190. The molecule has 2 N–H and O–H groups in total. The van der Waals surface area contributed by atoms with Crippen LogP contribution in [-0.2, 0) is 11.8 Å². The number of amides is 2. The molecule has 1 atom stereocenters. The molecule has 7 nitrogen and oxygen atoms in total. The van der Waals surface area contributed by atoms with Crippen LogP contribution in [0.5, 0.6) is 5.75 Å². The lowest BCUT2D eigenvalue weighted by atomic mass is 10.2. The molecule has 0 spiro atoms. The van der Waals surface area contributed by atoms with Crippen molar-refractivity contribution in [2.24, 2.45) is 7.05 Å². The van der Waals surface area contributed by atoms with Gasteiger partial charge in [-0.05, 0) is 43.3 Å². The Kier molecular flexibility index (Phi) is 6.56. The van der Waals surface area contributed by atoms with Crippen molar-refractivity contribution in [3.8, 4) is 5.75 Å². The molecule has 0 saturated heterocycles. The van der Waals surface area contributed by atoms with E-state index < -0.39 is 0 Å². The standard InChI is InChI=1S/C21H22N4O3S/c1-14(29-21-22-12-13-25(21)2)19(26)23-16-10-8-15(9-11-16)20(27)24-17-6-4-5-7-18(17)28-3/h4-14H,1-3H3,(H,23,26)(H,24,27). The number of carbonyl (C=O) groups excluding carboxylic acids is 2. The van der Waals surface area contributed by atoms with E-state index in [9.17, 15) is 9.59 Å². The van der Waals surface area contributed by atoms with Crippen LogP contribution in [0, 0.1) is 0 Å². The van der Waals surface area contributed by atoms with Gasteiger partial charge in [-0.15, -0.1) is 0 Å². The molecule has 0 aliphatic carbocycles. The van der Waals surface area contributed by atoms with E-state index in [0.717, 1.165) is 5.16 Å². The quantitative estimate of drug-likeness (QED) is 0.579. The molecule has 3 aromatic rings. The molecule has 0 bridgehead atoms. The number of para-hydroxylation sites is 2. The van der Waals surface area contributed by atoms with Crippen LogP contribution in [0.4, 0.5) is 11.4 Å². The first-order chi connectivity index (χ1) is 14.0. The molecule has 1 aromatic heterocycles. The molecule has 0 saturated carbocycles. The Balaban J connectivity index is 1.60. The van der Waals surface area contributed by atoms with E-state index in [1.165, 1.54) is 11.8 Å². The Bertz CT molecular complexity index is 1000. The summed E-state index contributed by atoms with van der Waals surface area (Å²) in [5.74, 6) is 0.194. The maximum absolute atomic E-state index is 12.5. The van der Waals surface area contributed by atoms with Gasteiger partial charge in [0.1, 0.15) is 5.75 Å². The summed E-state index contributed by atoms with van der Waals surface area (Å²) in [6.07, 6.45) is 3.53. The molecule has 0 radical (unpaired) electrons. The van der Waals surface area contributed by atoms with E-state index in [1.807, 2.05) is 36.9 Å². The average molecular weight is 410 g/mol. The zero-order valence-corrected chi connectivity index (χ0v) is 17.2. The summed E-state index contributed by atoms with van der Waals surface area (Å²) < 4.78 is 7.11. The van der Waals surface area contributed by atoms with Crippen molar-refractivity contribution >= 4 is 35.0 Å². The highest BCUT2D eigenvalue weighted by atomic mass is 32.2. The van der Waals surface area contributed by atoms with Crippen LogP contribution in [0.15, 0.2) is 66.1 Å². The zero-order chi connectivity index (χ0) is 20.8. The van der Waals surface area contributed by atoms with Gasteiger partial charge >= 0.3 is 0 Å². The molecule has 29 heavy (non-hydrogen) atoms. The van der Waals surface area contributed by atoms with Gasteiger partial charge in [0, 0.05) is 30.7 Å². The maximum atomic E-state index is 12.5. The number of nitrogens with zero attached hydrogens (tertiary/aromatic N) is 2. The third-order valence-electron chi connectivity index (χ3n) is 4.20. The van der Waals surface area contributed by atoms with E-state index in [4.69, 9.17) is 4.74 Å². The van der Waals surface area contributed by atoms with Crippen molar-refractivity contribution in [3.05, 3.63) is 66.5 Å². The first-order valence-electron chi connectivity index (χ1n) is 8.97. The number of aromatic nitrogens is 2. The van der Waals surface area contributed by atoms with Crippen molar-refractivity contribution < 1.29 is 14.3 Å². The van der Waals surface area contributed by atoms with Crippen molar-refractivity contribution in [1.82, 2.24) is 9.55 Å². The van der Waals surface area contributed by atoms with Gasteiger partial charge in [0.2, 0.25) is 5.91 Å². The van der Waals surface area contributed by atoms with Gasteiger partial charge in [0.05, 0.1) is 18.0 Å². The summed E-state index contributed by atoms with van der Waals surface area (Å²) in [4.78, 5) is 29.1. The molecule has 0 fully saturated rings. The molecule has 2 aromatic carbocycles. The van der Waals surface area contributed by atoms with Crippen molar-refractivity contribution in [1.29, 1.82) is 0 Å². The number of ether oxygens (including phenoxy) is 1. The first-order valence-corrected chi connectivity index (χ1v) is 9.85. The predicted octanol–water partition coefficient (Wildman–Crippen LogP) is 3.80. The van der Waals surface area contributed by atoms with Crippen molar-refractivity contribution in [2.45, 2.75) is 17.3 Å². The van der Waals surface area contributed by atoms with E-state index in [0.29, 0.717) is 22.7 Å². The van der Waals surface area contributed by atoms with Gasteiger partial charge in [0.15, 0.2) is 5.16 Å². The Morgan fingerprint density at radius 2 is 1.83 bits per heavy atom. The molecule has 1 unspecified atom stereocenters. The number of benzene rings is 2. The van der Waals surface area contributed by atoms with E-state index in [2.05, 4.69) is 15.6 Å². The number of methoxy groups -OCH3 is 1. The summed E-state index contributed by atoms with van der Waals surface area (Å²) in [5, 5.41) is 6.14. The topological polar surface area (TPSA) is 85.2 Å². The van der Waals surface area contributed by atoms with Gasteiger partial charge < -0.3 is 19.9 Å². The summed E-state index contributed by atoms with van der Waals surface area (Å²) in [6, 6.07) is 13.9. The number of rotatable bonds is 7. The van der Waals surface area contributed by atoms with Gasteiger partial charge in [-0.3, -0.25) is 9.59 Å². The van der Waals surface area contributed by atoms with Crippen LogP contribution in [0.1, 0.15) is 17.3 Å². The highest BCUT2D eigenvalue weighted by Gasteiger charge is 2.17. The summed E-state index contributed by atoms with van der Waals surface area (Å²) in [7, 11) is 3.43. The Morgan fingerprint density at radius 3 is 2.48 bits per heavy atom. The molecular formula is C21H22N4O3S. The lowest BCUT2D eigenvalue weighted by molar-refractivity contribution is -0.115. The van der Waals surface area contributed by atoms with Crippen LogP contribution in [0.3, 0.4) is 0 Å². The first kappa shape index (κ1) is 20.5. The summed E-state index contributed by atoms with van der Waals surface area (Å²) in [5.41, 5.74) is 1.69. The van der Waals surface area contributed by atoms with Crippen LogP contribution >= 0.6 is 11.8 Å². The van der Waals surface area contributed by atoms with Crippen LogP contribution in [0.2, 0.25) is 0 Å². The number of anilines is 2. The highest BCUT2D eigenvalue weighted by Crippen LogP contribution is 2.24. The summed E-state index contributed by atoms with van der Waals surface area (Å²) >= 11 is 1.38. The molecule has 3 rings (SSSR count). The number of hydrogen-bond donors (Lipinski definition) is 2. The van der Waals surface area contributed by atoms with Crippen molar-refractivity contribution in [2.75, 3.05) is 17.7 Å². The zero-order valence-electron chi connectivity index (χ0n) is 16.4. The second-order valence-corrected chi connectivity index (χ2v) is 7.61. The lowest BCUT2D eigenvalue weighted by Crippen LogP contribution is -2.23. The largest absolute Gasteiger partial charge is 0.495 e. The minimum absolute atomic E-state index is 0.135. The fourth-order valence-electron chi connectivity index (χ4n) is 2.57. The Labute approximate surface area is 173 Å². The molecule has 0 aliphatic rings. The molecule has 1 heterocycles. The minimum Gasteiger partial charge on any atom is -0.495 e. The monoisotopic (exact) mass is 410 g/mol. The molecule has 2 amide bonds. The number of hydrogen-bond acceptors (Lipinski definition) is 5. The van der Waals surface area contributed by atoms with Gasteiger partial charge in [0.25, 0.3) is 5.91 Å².